The van der Waals surface area contributed by atoms with Gasteiger partial charge >= 0.3 is 6.21 Å². The standard InChI is InChI=1S/C13H16N2O2/c1-9-5-4-6-10(2)13(9)17-11(3)7-12(16)8-15-14/h4-6,8,11H,7H2,1-3H3. The molecule has 0 saturated heterocycles. The SMILES string of the molecule is Cc1cccc(C)c1OC(C)CC(=O)C=[N+]=[N-]. The molecule has 17 heavy (non-hydrogen) atoms. The third kappa shape index (κ3) is 3.85. The number of para-hydroxylation sites is 1. The van der Waals surface area contributed by atoms with Gasteiger partial charge in [0.2, 0.25) is 5.78 Å². The van der Waals surface area contributed by atoms with Crippen molar-refractivity contribution in [3.63, 3.8) is 0 Å². The molecule has 4 heteroatoms. The monoisotopic (exact) mass is 232 g/mol. The van der Waals surface area contributed by atoms with Crippen molar-refractivity contribution >= 4 is 12.0 Å². The Bertz CT molecular complexity index is 442. The second-order valence-electron chi connectivity index (χ2n) is 4.06. The van der Waals surface area contributed by atoms with Gasteiger partial charge in [-0.15, -0.1) is 0 Å². The van der Waals surface area contributed by atoms with Crippen LogP contribution in [0.25, 0.3) is 5.53 Å². The largest absolute Gasteiger partial charge is 0.490 e. The van der Waals surface area contributed by atoms with Crippen LogP contribution in [0.15, 0.2) is 18.2 Å². The highest BCUT2D eigenvalue weighted by atomic mass is 16.5. The molecule has 0 amide bonds. The van der Waals surface area contributed by atoms with Crippen molar-refractivity contribution in [3.8, 4) is 5.75 Å². The summed E-state index contributed by atoms with van der Waals surface area (Å²) >= 11 is 0. The molecule has 1 aromatic rings. The lowest BCUT2D eigenvalue weighted by atomic mass is 10.1. The summed E-state index contributed by atoms with van der Waals surface area (Å²) in [5.74, 6) is 0.556. The Balaban J connectivity index is 2.71. The zero-order valence-corrected chi connectivity index (χ0v) is 10.3. The summed E-state index contributed by atoms with van der Waals surface area (Å²) < 4.78 is 5.73. The van der Waals surface area contributed by atoms with Crippen LogP contribution in [0.5, 0.6) is 5.75 Å². The van der Waals surface area contributed by atoms with Gasteiger partial charge in [-0.2, -0.15) is 4.79 Å². The Morgan fingerprint density at radius 3 is 2.59 bits per heavy atom. The van der Waals surface area contributed by atoms with Gasteiger partial charge in [0.05, 0.1) is 6.42 Å². The van der Waals surface area contributed by atoms with E-state index >= 15 is 0 Å². The van der Waals surface area contributed by atoms with E-state index in [2.05, 4.69) is 4.79 Å². The fraction of sp³-hybridized carbons (Fsp3) is 0.385. The molecule has 0 aliphatic rings. The van der Waals surface area contributed by atoms with E-state index in [1.807, 2.05) is 39.0 Å². The van der Waals surface area contributed by atoms with Crippen molar-refractivity contribution in [1.29, 1.82) is 0 Å². The number of benzene rings is 1. The molecule has 1 rings (SSSR count). The van der Waals surface area contributed by atoms with E-state index in [0.29, 0.717) is 0 Å². The first kappa shape index (κ1) is 13.1. The third-order valence-corrected chi connectivity index (χ3v) is 2.42. The molecule has 0 N–H and O–H groups in total. The van der Waals surface area contributed by atoms with Crippen molar-refractivity contribution in [1.82, 2.24) is 0 Å². The third-order valence-electron chi connectivity index (χ3n) is 2.42. The molecule has 1 aromatic carbocycles. The molecule has 1 atom stereocenters. The van der Waals surface area contributed by atoms with Crippen molar-refractivity contribution < 1.29 is 14.3 Å². The molecular weight excluding hydrogens is 216 g/mol. The first-order valence-corrected chi connectivity index (χ1v) is 5.47. The molecular formula is C13H16N2O2. The van der Waals surface area contributed by atoms with E-state index in [-0.39, 0.29) is 18.3 Å². The van der Waals surface area contributed by atoms with Crippen molar-refractivity contribution in [2.24, 2.45) is 0 Å². The van der Waals surface area contributed by atoms with Gasteiger partial charge in [-0.25, -0.2) is 0 Å². The molecule has 0 radical (unpaired) electrons. The van der Waals surface area contributed by atoms with Crippen molar-refractivity contribution in [3.05, 3.63) is 34.9 Å². The summed E-state index contributed by atoms with van der Waals surface area (Å²) in [6, 6.07) is 5.89. The average molecular weight is 232 g/mol. The van der Waals surface area contributed by atoms with Crippen molar-refractivity contribution in [2.45, 2.75) is 33.3 Å². The molecule has 0 spiro atoms. The zero-order valence-electron chi connectivity index (χ0n) is 10.3. The maximum absolute atomic E-state index is 11.2. The normalized spacial score (nSPS) is 11.5. The second-order valence-corrected chi connectivity index (χ2v) is 4.06. The molecule has 1 unspecified atom stereocenters. The highest BCUT2D eigenvalue weighted by Gasteiger charge is 2.13. The van der Waals surface area contributed by atoms with Crippen LogP contribution < -0.4 is 4.74 Å². The minimum absolute atomic E-state index is 0.192. The minimum Gasteiger partial charge on any atom is -0.490 e. The van der Waals surface area contributed by atoms with Crippen LogP contribution in [-0.4, -0.2) is 22.9 Å². The number of ether oxygens (including phenoxy) is 1. The quantitative estimate of drug-likeness (QED) is 0.444. The lowest BCUT2D eigenvalue weighted by molar-refractivity contribution is -0.117. The minimum atomic E-state index is -0.258. The van der Waals surface area contributed by atoms with E-state index < -0.39 is 0 Å². The molecule has 0 bridgehead atoms. The van der Waals surface area contributed by atoms with Crippen molar-refractivity contribution in [2.75, 3.05) is 0 Å². The maximum atomic E-state index is 11.2. The van der Waals surface area contributed by atoms with Gasteiger partial charge in [0, 0.05) is 0 Å². The van der Waals surface area contributed by atoms with Gasteiger partial charge in [0.1, 0.15) is 11.9 Å². The number of aryl methyl sites for hydroxylation is 2. The lowest BCUT2D eigenvalue weighted by Gasteiger charge is -2.16. The summed E-state index contributed by atoms with van der Waals surface area (Å²) in [7, 11) is 0. The highest BCUT2D eigenvalue weighted by Crippen LogP contribution is 2.24. The Morgan fingerprint density at radius 2 is 2.06 bits per heavy atom. The van der Waals surface area contributed by atoms with Crippen LogP contribution >= 0.6 is 0 Å². The highest BCUT2D eigenvalue weighted by molar-refractivity contribution is 6.25. The Labute approximate surface area is 101 Å². The molecule has 0 aromatic heterocycles. The summed E-state index contributed by atoms with van der Waals surface area (Å²) in [5, 5.41) is 0. The summed E-state index contributed by atoms with van der Waals surface area (Å²) in [6.07, 6.45) is 0.836. The summed E-state index contributed by atoms with van der Waals surface area (Å²) in [5.41, 5.74) is 10.3. The Kier molecular flexibility index (Phi) is 4.61. The number of hydrogen-bond donors (Lipinski definition) is 0. The molecule has 0 aliphatic heterocycles. The number of carbonyl (C=O) groups excluding carboxylic acids is 1. The molecule has 0 heterocycles. The van der Waals surface area contributed by atoms with Gasteiger partial charge in [-0.05, 0) is 31.9 Å². The smallest absolute Gasteiger partial charge is 0.323 e. The van der Waals surface area contributed by atoms with E-state index in [1.54, 1.807) is 0 Å². The number of ketones is 1. The van der Waals surface area contributed by atoms with Crippen LogP contribution in [0, 0.1) is 13.8 Å². The molecule has 4 nitrogen and oxygen atoms in total. The van der Waals surface area contributed by atoms with Gasteiger partial charge in [-0.1, -0.05) is 18.2 Å². The number of Topliss-reactive ketones (excluding diaryl/α,β-unsaturated/α-hetero) is 1. The number of hydrogen-bond acceptors (Lipinski definition) is 2. The molecule has 90 valence electrons. The predicted octanol–water partition coefficient (Wildman–Crippen LogP) is 2.33. The van der Waals surface area contributed by atoms with Gasteiger partial charge in [-0.3, -0.25) is 4.79 Å². The Hall–Kier alpha value is -1.93. The van der Waals surface area contributed by atoms with Crippen LogP contribution in [-0.2, 0) is 4.79 Å². The first-order valence-electron chi connectivity index (χ1n) is 5.47. The van der Waals surface area contributed by atoms with Gasteiger partial charge in [0.15, 0.2) is 0 Å². The van der Waals surface area contributed by atoms with Crippen LogP contribution in [0.4, 0.5) is 0 Å². The lowest BCUT2D eigenvalue weighted by Crippen LogP contribution is -2.18. The van der Waals surface area contributed by atoms with Crippen LogP contribution in [0.3, 0.4) is 0 Å². The maximum Gasteiger partial charge on any atom is 0.323 e. The zero-order chi connectivity index (χ0) is 12.8. The number of nitrogens with zero attached hydrogens (tertiary/aromatic N) is 2. The molecule has 0 aliphatic carbocycles. The number of carbonyl (C=O) groups is 1. The topological polar surface area (TPSA) is 62.7 Å². The fourth-order valence-electron chi connectivity index (χ4n) is 1.63. The summed E-state index contributed by atoms with van der Waals surface area (Å²) in [6.45, 7) is 5.74. The van der Waals surface area contributed by atoms with Gasteiger partial charge < -0.3 is 10.3 Å². The average Bonchev–Trinajstić information content (AvgIpc) is 2.24. The van der Waals surface area contributed by atoms with E-state index in [1.165, 1.54) is 0 Å². The van der Waals surface area contributed by atoms with Gasteiger partial charge in [0.25, 0.3) is 0 Å². The van der Waals surface area contributed by atoms with Crippen LogP contribution in [0.1, 0.15) is 24.5 Å². The number of rotatable bonds is 5. The predicted molar refractivity (Wildman–Crippen MR) is 65.3 cm³/mol. The molecule has 0 fully saturated rings. The van der Waals surface area contributed by atoms with E-state index in [0.717, 1.165) is 23.1 Å². The summed E-state index contributed by atoms with van der Waals surface area (Å²) in [4.78, 5) is 13.9. The van der Waals surface area contributed by atoms with E-state index in [4.69, 9.17) is 10.3 Å². The molecule has 0 saturated carbocycles. The van der Waals surface area contributed by atoms with Crippen LogP contribution in [0.2, 0.25) is 0 Å². The first-order chi connectivity index (χ1) is 8.04. The Morgan fingerprint density at radius 1 is 1.47 bits per heavy atom. The second kappa shape index (κ2) is 5.97. The fourth-order valence-corrected chi connectivity index (χ4v) is 1.63. The van der Waals surface area contributed by atoms with E-state index in [9.17, 15) is 4.79 Å².